The maximum absolute atomic E-state index is 5.77. The molecule has 6 heteroatoms. The summed E-state index contributed by atoms with van der Waals surface area (Å²) in [7, 11) is 0. The standard InChI is InChI=1S/C8H7Cl2N3S/c9-6-1-5(2-7(10)3-6)4-12-13-8(11)14/h1-4H,(H3,11,13,14)/b12-4-. The summed E-state index contributed by atoms with van der Waals surface area (Å²) in [5, 5.41) is 4.97. The molecule has 0 radical (unpaired) electrons. The highest BCUT2D eigenvalue weighted by atomic mass is 35.5. The lowest BCUT2D eigenvalue weighted by Crippen LogP contribution is -2.23. The van der Waals surface area contributed by atoms with Crippen molar-refractivity contribution in [2.45, 2.75) is 0 Å². The summed E-state index contributed by atoms with van der Waals surface area (Å²) in [5.74, 6) is 0. The second kappa shape index (κ2) is 5.14. The van der Waals surface area contributed by atoms with E-state index in [-0.39, 0.29) is 5.11 Å². The number of nitrogens with two attached hydrogens (primary N) is 1. The normalized spacial score (nSPS) is 10.4. The summed E-state index contributed by atoms with van der Waals surface area (Å²) in [4.78, 5) is 0. The van der Waals surface area contributed by atoms with Crippen LogP contribution in [0.1, 0.15) is 5.56 Å². The third-order valence-electron chi connectivity index (χ3n) is 1.27. The van der Waals surface area contributed by atoms with Gasteiger partial charge in [-0.2, -0.15) is 5.10 Å². The number of rotatable bonds is 2. The van der Waals surface area contributed by atoms with Gasteiger partial charge < -0.3 is 5.73 Å². The van der Waals surface area contributed by atoms with Crippen molar-refractivity contribution in [2.75, 3.05) is 0 Å². The Kier molecular flexibility index (Phi) is 4.13. The second-order valence-corrected chi connectivity index (χ2v) is 3.75. The van der Waals surface area contributed by atoms with E-state index in [1.165, 1.54) is 6.21 Å². The average molecular weight is 248 g/mol. The molecule has 0 heterocycles. The largest absolute Gasteiger partial charge is 0.375 e. The Labute approximate surface area is 96.9 Å². The first-order chi connectivity index (χ1) is 6.58. The topological polar surface area (TPSA) is 50.4 Å². The number of nitrogens with one attached hydrogen (secondary N) is 1. The van der Waals surface area contributed by atoms with Gasteiger partial charge in [-0.15, -0.1) is 0 Å². The van der Waals surface area contributed by atoms with Gasteiger partial charge >= 0.3 is 0 Å². The fourth-order valence-electron chi connectivity index (χ4n) is 0.820. The number of hydrazone groups is 1. The monoisotopic (exact) mass is 247 g/mol. The molecular formula is C8H7Cl2N3S. The minimum absolute atomic E-state index is 0.106. The Morgan fingerprint density at radius 2 is 1.93 bits per heavy atom. The summed E-state index contributed by atoms with van der Waals surface area (Å²) in [6.07, 6.45) is 1.52. The molecule has 0 saturated carbocycles. The van der Waals surface area contributed by atoms with Crippen molar-refractivity contribution in [1.82, 2.24) is 5.43 Å². The smallest absolute Gasteiger partial charge is 0.184 e. The highest BCUT2D eigenvalue weighted by Crippen LogP contribution is 2.17. The summed E-state index contributed by atoms with van der Waals surface area (Å²) >= 11 is 16.1. The van der Waals surface area contributed by atoms with Gasteiger partial charge in [-0.25, -0.2) is 0 Å². The van der Waals surface area contributed by atoms with Gasteiger partial charge in [0.2, 0.25) is 0 Å². The Bertz CT molecular complexity index is 359. The molecule has 3 N–H and O–H groups in total. The van der Waals surface area contributed by atoms with Crippen LogP contribution in [0.2, 0.25) is 10.0 Å². The quantitative estimate of drug-likeness (QED) is 0.479. The van der Waals surface area contributed by atoms with E-state index in [1.807, 2.05) is 0 Å². The first-order valence-electron chi connectivity index (χ1n) is 3.62. The molecular weight excluding hydrogens is 241 g/mol. The minimum atomic E-state index is 0.106. The molecule has 0 aliphatic carbocycles. The van der Waals surface area contributed by atoms with Crippen LogP contribution in [0.15, 0.2) is 23.3 Å². The lowest BCUT2D eigenvalue weighted by Gasteiger charge is -1.97. The number of hydrogen-bond donors (Lipinski definition) is 2. The lowest BCUT2D eigenvalue weighted by molar-refractivity contribution is 1.04. The molecule has 14 heavy (non-hydrogen) atoms. The molecule has 1 rings (SSSR count). The van der Waals surface area contributed by atoms with Crippen molar-refractivity contribution in [3.63, 3.8) is 0 Å². The third-order valence-corrected chi connectivity index (χ3v) is 1.80. The fraction of sp³-hybridized carbons (Fsp3) is 0. The molecule has 0 bridgehead atoms. The van der Waals surface area contributed by atoms with E-state index in [0.717, 1.165) is 5.56 Å². The molecule has 1 aromatic carbocycles. The number of halogens is 2. The zero-order valence-electron chi connectivity index (χ0n) is 7.00. The van der Waals surface area contributed by atoms with Crippen LogP contribution in [0.5, 0.6) is 0 Å². The van der Waals surface area contributed by atoms with Crippen LogP contribution in [0.4, 0.5) is 0 Å². The number of thiocarbonyl (C=S) groups is 1. The van der Waals surface area contributed by atoms with Crippen LogP contribution in [0.3, 0.4) is 0 Å². The first kappa shape index (κ1) is 11.2. The van der Waals surface area contributed by atoms with Crippen molar-refractivity contribution in [2.24, 2.45) is 10.8 Å². The van der Waals surface area contributed by atoms with Crippen molar-refractivity contribution < 1.29 is 0 Å². The van der Waals surface area contributed by atoms with Crippen LogP contribution in [-0.2, 0) is 0 Å². The maximum atomic E-state index is 5.77. The minimum Gasteiger partial charge on any atom is -0.375 e. The van der Waals surface area contributed by atoms with Crippen LogP contribution < -0.4 is 11.2 Å². The van der Waals surface area contributed by atoms with Gasteiger partial charge in [0.25, 0.3) is 0 Å². The Morgan fingerprint density at radius 3 is 2.43 bits per heavy atom. The summed E-state index contributed by atoms with van der Waals surface area (Å²) in [6.45, 7) is 0. The van der Waals surface area contributed by atoms with Crippen LogP contribution in [0.25, 0.3) is 0 Å². The molecule has 0 spiro atoms. The van der Waals surface area contributed by atoms with E-state index < -0.39 is 0 Å². The number of nitrogens with zero attached hydrogens (tertiary/aromatic N) is 1. The lowest BCUT2D eigenvalue weighted by atomic mass is 10.2. The molecule has 3 nitrogen and oxygen atoms in total. The highest BCUT2D eigenvalue weighted by Gasteiger charge is 1.94. The van der Waals surface area contributed by atoms with Crippen molar-refractivity contribution >= 4 is 46.7 Å². The van der Waals surface area contributed by atoms with Gasteiger partial charge in [0.1, 0.15) is 0 Å². The Morgan fingerprint density at radius 1 is 1.36 bits per heavy atom. The van der Waals surface area contributed by atoms with Crippen molar-refractivity contribution in [3.8, 4) is 0 Å². The highest BCUT2D eigenvalue weighted by molar-refractivity contribution is 7.80. The predicted octanol–water partition coefficient (Wildman–Crippen LogP) is 2.16. The Balaban J connectivity index is 2.76. The number of hydrogen-bond acceptors (Lipinski definition) is 2. The van der Waals surface area contributed by atoms with Crippen molar-refractivity contribution in [3.05, 3.63) is 33.8 Å². The molecule has 0 saturated heterocycles. The summed E-state index contributed by atoms with van der Waals surface area (Å²) < 4.78 is 0. The van der Waals surface area contributed by atoms with E-state index in [0.29, 0.717) is 10.0 Å². The van der Waals surface area contributed by atoms with E-state index in [1.54, 1.807) is 18.2 Å². The predicted molar refractivity (Wildman–Crippen MR) is 64.0 cm³/mol. The fourth-order valence-corrected chi connectivity index (χ4v) is 1.42. The van der Waals surface area contributed by atoms with Gasteiger partial charge in [0.05, 0.1) is 6.21 Å². The van der Waals surface area contributed by atoms with Gasteiger partial charge in [-0.1, -0.05) is 23.2 Å². The Hall–Kier alpha value is -0.840. The van der Waals surface area contributed by atoms with E-state index in [4.69, 9.17) is 28.9 Å². The molecule has 0 aliphatic rings. The van der Waals surface area contributed by atoms with Gasteiger partial charge in [-0.05, 0) is 36.0 Å². The first-order valence-corrected chi connectivity index (χ1v) is 4.79. The molecule has 0 atom stereocenters. The maximum Gasteiger partial charge on any atom is 0.184 e. The van der Waals surface area contributed by atoms with E-state index in [2.05, 4.69) is 22.7 Å². The average Bonchev–Trinajstić information content (AvgIpc) is 2.01. The van der Waals surface area contributed by atoms with Crippen LogP contribution in [-0.4, -0.2) is 11.3 Å². The molecule has 74 valence electrons. The molecule has 0 aromatic heterocycles. The number of benzene rings is 1. The summed E-state index contributed by atoms with van der Waals surface area (Å²) in [6, 6.07) is 5.08. The molecule has 0 unspecified atom stereocenters. The molecule has 0 aliphatic heterocycles. The van der Waals surface area contributed by atoms with E-state index >= 15 is 0 Å². The van der Waals surface area contributed by atoms with Gasteiger partial charge in [-0.3, -0.25) is 5.43 Å². The second-order valence-electron chi connectivity index (χ2n) is 2.44. The van der Waals surface area contributed by atoms with Gasteiger partial charge in [0, 0.05) is 10.0 Å². The molecule has 0 fully saturated rings. The SMILES string of the molecule is NC(=S)N/N=C\c1cc(Cl)cc(Cl)c1. The zero-order chi connectivity index (χ0) is 10.6. The van der Waals surface area contributed by atoms with E-state index in [9.17, 15) is 0 Å². The molecule has 1 aromatic rings. The van der Waals surface area contributed by atoms with Crippen LogP contribution >= 0.6 is 35.4 Å². The van der Waals surface area contributed by atoms with Crippen LogP contribution in [0, 0.1) is 0 Å². The molecule has 0 amide bonds. The van der Waals surface area contributed by atoms with Gasteiger partial charge in [0.15, 0.2) is 5.11 Å². The summed E-state index contributed by atoms with van der Waals surface area (Å²) in [5.41, 5.74) is 8.37. The van der Waals surface area contributed by atoms with Crippen molar-refractivity contribution in [1.29, 1.82) is 0 Å². The third kappa shape index (κ3) is 3.91. The zero-order valence-corrected chi connectivity index (χ0v) is 9.33.